The Hall–Kier alpha value is -1.30. The molecule has 6 heteroatoms. The van der Waals surface area contributed by atoms with Crippen molar-refractivity contribution in [2.75, 3.05) is 20.2 Å². The highest BCUT2D eigenvalue weighted by molar-refractivity contribution is 5.78. The summed E-state index contributed by atoms with van der Waals surface area (Å²) in [6.07, 6.45) is 1.93. The van der Waals surface area contributed by atoms with Gasteiger partial charge in [-0.2, -0.15) is 0 Å². The van der Waals surface area contributed by atoms with Gasteiger partial charge < -0.3 is 20.1 Å². The van der Waals surface area contributed by atoms with Gasteiger partial charge in [0.25, 0.3) is 0 Å². The predicted octanol–water partition coefficient (Wildman–Crippen LogP) is 0.526. The van der Waals surface area contributed by atoms with E-state index >= 15 is 0 Å². The molecular weight excluding hydrogens is 236 g/mol. The molecule has 0 aromatic heterocycles. The highest BCUT2D eigenvalue weighted by Crippen LogP contribution is 2.25. The quantitative estimate of drug-likeness (QED) is 0.772. The summed E-state index contributed by atoms with van der Waals surface area (Å²) in [6, 6.07) is 0.0202. The number of hydrogen-bond donors (Lipinski definition) is 2. The molecular formula is C12H20N2O4. The van der Waals surface area contributed by atoms with E-state index in [1.165, 1.54) is 0 Å². The van der Waals surface area contributed by atoms with E-state index in [4.69, 9.17) is 9.84 Å². The molecule has 18 heavy (non-hydrogen) atoms. The third kappa shape index (κ3) is 2.58. The van der Waals surface area contributed by atoms with Gasteiger partial charge in [-0.05, 0) is 18.8 Å². The Morgan fingerprint density at radius 2 is 2.00 bits per heavy atom. The maximum absolute atomic E-state index is 11.9. The fourth-order valence-corrected chi connectivity index (χ4v) is 2.60. The fourth-order valence-electron chi connectivity index (χ4n) is 2.60. The van der Waals surface area contributed by atoms with Crippen LogP contribution in [0.4, 0.5) is 4.79 Å². The normalized spacial score (nSPS) is 35.1. The Balaban J connectivity index is 1.79. The molecule has 2 aliphatic rings. The Labute approximate surface area is 106 Å². The molecule has 2 fully saturated rings. The number of likely N-dealkylation sites (tertiary alicyclic amines) is 1. The van der Waals surface area contributed by atoms with Gasteiger partial charge in [0.05, 0.1) is 12.0 Å². The zero-order chi connectivity index (χ0) is 13.3. The number of carboxylic acid groups (broad SMARTS) is 1. The van der Waals surface area contributed by atoms with Crippen molar-refractivity contribution < 1.29 is 19.4 Å². The molecule has 2 rings (SSSR count). The molecule has 6 nitrogen and oxygen atoms in total. The van der Waals surface area contributed by atoms with E-state index in [1.54, 1.807) is 12.0 Å². The SMILES string of the molecule is COC1CC(NC(=O)N2CC(C)C(C(=O)O)C2)C1. The standard InChI is InChI=1S/C12H20N2O4/c1-7-5-14(6-10(7)11(15)16)12(17)13-8-3-9(4-8)18-2/h7-10H,3-6H2,1-2H3,(H,13,17)(H,15,16). The molecule has 2 atom stereocenters. The molecule has 2 unspecified atom stereocenters. The van der Waals surface area contributed by atoms with Crippen LogP contribution < -0.4 is 5.32 Å². The van der Waals surface area contributed by atoms with Gasteiger partial charge in [0.15, 0.2) is 0 Å². The number of nitrogens with zero attached hydrogens (tertiary/aromatic N) is 1. The molecule has 0 aromatic rings. The van der Waals surface area contributed by atoms with Crippen molar-refractivity contribution in [3.63, 3.8) is 0 Å². The number of amides is 2. The number of aliphatic carboxylic acids is 1. The number of methoxy groups -OCH3 is 1. The van der Waals surface area contributed by atoms with E-state index in [-0.39, 0.29) is 24.1 Å². The molecule has 1 aliphatic carbocycles. The van der Waals surface area contributed by atoms with Crippen LogP contribution in [0.2, 0.25) is 0 Å². The number of rotatable bonds is 3. The lowest BCUT2D eigenvalue weighted by molar-refractivity contribution is -0.142. The smallest absolute Gasteiger partial charge is 0.317 e. The number of ether oxygens (including phenoxy) is 1. The van der Waals surface area contributed by atoms with Crippen molar-refractivity contribution in [1.82, 2.24) is 10.2 Å². The predicted molar refractivity (Wildman–Crippen MR) is 64.2 cm³/mol. The van der Waals surface area contributed by atoms with E-state index < -0.39 is 11.9 Å². The molecule has 1 heterocycles. The van der Waals surface area contributed by atoms with E-state index in [1.807, 2.05) is 6.92 Å². The van der Waals surface area contributed by atoms with Crippen LogP contribution in [0.1, 0.15) is 19.8 Å². The van der Waals surface area contributed by atoms with Crippen LogP contribution in [-0.2, 0) is 9.53 Å². The minimum Gasteiger partial charge on any atom is -0.481 e. The van der Waals surface area contributed by atoms with E-state index in [0.29, 0.717) is 13.1 Å². The van der Waals surface area contributed by atoms with Crippen LogP contribution in [0.25, 0.3) is 0 Å². The number of carboxylic acids is 1. The van der Waals surface area contributed by atoms with E-state index in [9.17, 15) is 9.59 Å². The summed E-state index contributed by atoms with van der Waals surface area (Å²) in [5.41, 5.74) is 0. The molecule has 1 saturated carbocycles. The van der Waals surface area contributed by atoms with Gasteiger partial charge in [-0.15, -0.1) is 0 Å². The van der Waals surface area contributed by atoms with Crippen molar-refractivity contribution in [2.45, 2.75) is 31.9 Å². The number of urea groups is 1. The first-order valence-electron chi connectivity index (χ1n) is 6.32. The van der Waals surface area contributed by atoms with Crippen molar-refractivity contribution in [2.24, 2.45) is 11.8 Å². The van der Waals surface area contributed by atoms with Crippen LogP contribution in [0.3, 0.4) is 0 Å². The average molecular weight is 256 g/mol. The first-order chi connectivity index (χ1) is 8.51. The minimum atomic E-state index is -0.819. The summed E-state index contributed by atoms with van der Waals surface area (Å²) in [4.78, 5) is 24.5. The molecule has 2 amide bonds. The topological polar surface area (TPSA) is 78.9 Å². The zero-order valence-electron chi connectivity index (χ0n) is 10.8. The first-order valence-corrected chi connectivity index (χ1v) is 6.32. The summed E-state index contributed by atoms with van der Waals surface area (Å²) in [5, 5.41) is 11.9. The number of nitrogens with one attached hydrogen (secondary N) is 1. The van der Waals surface area contributed by atoms with Crippen LogP contribution in [-0.4, -0.2) is 54.4 Å². The van der Waals surface area contributed by atoms with Gasteiger partial charge >= 0.3 is 12.0 Å². The minimum absolute atomic E-state index is 0.0152. The largest absolute Gasteiger partial charge is 0.481 e. The Morgan fingerprint density at radius 3 is 2.50 bits per heavy atom. The molecule has 102 valence electrons. The van der Waals surface area contributed by atoms with Gasteiger partial charge in [0.2, 0.25) is 0 Å². The van der Waals surface area contributed by atoms with E-state index in [2.05, 4.69) is 5.32 Å². The van der Waals surface area contributed by atoms with Gasteiger partial charge in [0.1, 0.15) is 0 Å². The van der Waals surface area contributed by atoms with Crippen LogP contribution in [0, 0.1) is 11.8 Å². The van der Waals surface area contributed by atoms with Crippen LogP contribution in [0.5, 0.6) is 0 Å². The molecule has 0 aromatic carbocycles. The lowest BCUT2D eigenvalue weighted by atomic mass is 9.89. The zero-order valence-corrected chi connectivity index (χ0v) is 10.8. The van der Waals surface area contributed by atoms with Gasteiger partial charge in [0, 0.05) is 26.2 Å². The maximum Gasteiger partial charge on any atom is 0.317 e. The Bertz CT molecular complexity index is 341. The first kappa shape index (κ1) is 13.1. The summed E-state index contributed by atoms with van der Waals surface area (Å²) in [5.74, 6) is -1.24. The highest BCUT2D eigenvalue weighted by Gasteiger charge is 2.38. The summed E-state index contributed by atoms with van der Waals surface area (Å²) in [7, 11) is 1.67. The summed E-state index contributed by atoms with van der Waals surface area (Å²) in [6.45, 7) is 2.70. The van der Waals surface area contributed by atoms with Gasteiger partial charge in [-0.1, -0.05) is 6.92 Å². The third-order valence-electron chi connectivity index (χ3n) is 3.97. The highest BCUT2D eigenvalue weighted by atomic mass is 16.5. The molecule has 0 spiro atoms. The van der Waals surface area contributed by atoms with Gasteiger partial charge in [-0.25, -0.2) is 4.79 Å². The molecule has 0 bridgehead atoms. The second kappa shape index (κ2) is 5.14. The molecule has 1 saturated heterocycles. The molecule has 0 radical (unpaired) electrons. The van der Waals surface area contributed by atoms with Crippen molar-refractivity contribution >= 4 is 12.0 Å². The molecule has 2 N–H and O–H groups in total. The van der Waals surface area contributed by atoms with Crippen molar-refractivity contribution in [3.8, 4) is 0 Å². The van der Waals surface area contributed by atoms with Crippen LogP contribution in [0.15, 0.2) is 0 Å². The average Bonchev–Trinajstić information content (AvgIpc) is 2.65. The fraction of sp³-hybridized carbons (Fsp3) is 0.833. The van der Waals surface area contributed by atoms with Crippen molar-refractivity contribution in [3.05, 3.63) is 0 Å². The lowest BCUT2D eigenvalue weighted by Gasteiger charge is -2.35. The Morgan fingerprint density at radius 1 is 1.33 bits per heavy atom. The Kier molecular flexibility index (Phi) is 3.75. The summed E-state index contributed by atoms with van der Waals surface area (Å²) >= 11 is 0. The second-order valence-electron chi connectivity index (χ2n) is 5.30. The lowest BCUT2D eigenvalue weighted by Crippen LogP contribution is -2.51. The molecule has 1 aliphatic heterocycles. The maximum atomic E-state index is 11.9. The van der Waals surface area contributed by atoms with E-state index in [0.717, 1.165) is 12.8 Å². The van der Waals surface area contributed by atoms with Gasteiger partial charge in [-0.3, -0.25) is 4.79 Å². The van der Waals surface area contributed by atoms with Crippen molar-refractivity contribution in [1.29, 1.82) is 0 Å². The summed E-state index contributed by atoms with van der Waals surface area (Å²) < 4.78 is 5.15. The monoisotopic (exact) mass is 256 g/mol. The number of carbonyl (C=O) groups excluding carboxylic acids is 1. The van der Waals surface area contributed by atoms with Crippen LogP contribution >= 0.6 is 0 Å². The number of hydrogen-bond acceptors (Lipinski definition) is 3. The number of carbonyl (C=O) groups is 2. The third-order valence-corrected chi connectivity index (χ3v) is 3.97. The second-order valence-corrected chi connectivity index (χ2v) is 5.30.